The zero-order valence-electron chi connectivity index (χ0n) is 19.4. The number of Topliss-reactive ketones (excluding diaryl/α,β-unsaturated/α-hetero) is 1. The van der Waals surface area contributed by atoms with Crippen molar-refractivity contribution in [2.24, 2.45) is 0 Å². The molecule has 3 heterocycles. The molecule has 2 aromatic rings. The van der Waals surface area contributed by atoms with Crippen LogP contribution in [0.25, 0.3) is 5.76 Å². The average Bonchev–Trinajstić information content (AvgIpc) is 3.35. The van der Waals surface area contributed by atoms with Gasteiger partial charge in [-0.25, -0.2) is 0 Å². The van der Waals surface area contributed by atoms with Crippen LogP contribution in [0.2, 0.25) is 0 Å². The Hall–Kier alpha value is -3.16. The summed E-state index contributed by atoms with van der Waals surface area (Å²) >= 11 is 0. The number of likely N-dealkylation sites (tertiary alicyclic amines) is 1. The molecule has 2 aromatic carbocycles. The van der Waals surface area contributed by atoms with Crippen LogP contribution in [-0.2, 0) is 20.7 Å². The van der Waals surface area contributed by atoms with Crippen molar-refractivity contribution in [3.63, 3.8) is 0 Å². The minimum Gasteiger partial charge on any atom is -0.507 e. The lowest BCUT2D eigenvalue weighted by Gasteiger charge is -2.29. The third-order valence-electron chi connectivity index (χ3n) is 6.80. The molecule has 1 N–H and O–H groups in total. The van der Waals surface area contributed by atoms with E-state index in [-0.39, 0.29) is 17.4 Å². The molecule has 0 radical (unpaired) electrons. The van der Waals surface area contributed by atoms with E-state index in [1.807, 2.05) is 49.4 Å². The lowest BCUT2D eigenvalue weighted by molar-refractivity contribution is -0.140. The fraction of sp³-hybridized carbons (Fsp3) is 0.407. The van der Waals surface area contributed by atoms with E-state index in [1.54, 1.807) is 11.0 Å². The number of morpholine rings is 1. The zero-order chi connectivity index (χ0) is 23.7. The fourth-order valence-electron chi connectivity index (χ4n) is 5.11. The molecule has 2 unspecified atom stereocenters. The Bertz CT molecular complexity index is 1110. The molecule has 0 aliphatic carbocycles. The number of ketones is 1. The molecule has 34 heavy (non-hydrogen) atoms. The monoisotopic (exact) mass is 462 g/mol. The number of nitrogens with zero attached hydrogens (tertiary/aromatic N) is 2. The fourth-order valence-corrected chi connectivity index (χ4v) is 5.11. The summed E-state index contributed by atoms with van der Waals surface area (Å²) in [5, 5.41) is 11.3. The molecule has 2 atom stereocenters. The largest absolute Gasteiger partial charge is 0.507 e. The lowest BCUT2D eigenvalue weighted by Crippen LogP contribution is -2.38. The molecule has 5 rings (SSSR count). The molecule has 0 aromatic heterocycles. The van der Waals surface area contributed by atoms with Crippen LogP contribution in [0.4, 0.5) is 0 Å². The van der Waals surface area contributed by atoms with E-state index < -0.39 is 17.7 Å². The molecule has 178 valence electrons. The summed E-state index contributed by atoms with van der Waals surface area (Å²) in [5.74, 6) is -0.532. The van der Waals surface area contributed by atoms with E-state index in [4.69, 9.17) is 9.47 Å². The quantitative estimate of drug-likeness (QED) is 0.404. The Morgan fingerprint density at radius 3 is 2.59 bits per heavy atom. The van der Waals surface area contributed by atoms with Gasteiger partial charge in [0.15, 0.2) is 0 Å². The molecule has 3 aliphatic rings. The van der Waals surface area contributed by atoms with Crippen LogP contribution in [0.15, 0.2) is 54.1 Å². The van der Waals surface area contributed by atoms with Crippen molar-refractivity contribution < 1.29 is 24.2 Å². The second kappa shape index (κ2) is 9.60. The van der Waals surface area contributed by atoms with Crippen molar-refractivity contribution in [2.75, 3.05) is 39.4 Å². The average molecular weight is 463 g/mol. The standard InChI is InChI=1S/C27H30N2O5/c1-18-16-21-17-20(8-9-22(21)34-18)25(30)23-24(19-6-3-2-4-7-19)29(27(32)26(23)31)11-5-10-28-12-14-33-15-13-28/h2-4,6-9,17-18,24,30H,5,10-16H2,1H3/b25-23+. The van der Waals surface area contributed by atoms with Crippen molar-refractivity contribution in [3.8, 4) is 5.75 Å². The van der Waals surface area contributed by atoms with Crippen LogP contribution in [0.1, 0.15) is 36.1 Å². The zero-order valence-corrected chi connectivity index (χ0v) is 19.4. The van der Waals surface area contributed by atoms with Gasteiger partial charge in [-0.1, -0.05) is 30.3 Å². The summed E-state index contributed by atoms with van der Waals surface area (Å²) in [5.41, 5.74) is 2.48. The molecule has 0 bridgehead atoms. The minimum absolute atomic E-state index is 0.0776. The van der Waals surface area contributed by atoms with Gasteiger partial charge < -0.3 is 19.5 Å². The van der Waals surface area contributed by atoms with Gasteiger partial charge in [0.25, 0.3) is 11.7 Å². The highest BCUT2D eigenvalue weighted by molar-refractivity contribution is 6.46. The van der Waals surface area contributed by atoms with Crippen molar-refractivity contribution in [1.29, 1.82) is 0 Å². The number of carbonyl (C=O) groups is 2. The smallest absolute Gasteiger partial charge is 0.295 e. The number of aliphatic hydroxyl groups is 1. The summed E-state index contributed by atoms with van der Waals surface area (Å²) in [4.78, 5) is 30.3. The molecule has 2 saturated heterocycles. The molecule has 0 saturated carbocycles. The van der Waals surface area contributed by atoms with Crippen molar-refractivity contribution >= 4 is 17.4 Å². The van der Waals surface area contributed by atoms with Gasteiger partial charge in [-0.3, -0.25) is 14.5 Å². The van der Waals surface area contributed by atoms with Crippen LogP contribution in [0, 0.1) is 0 Å². The first-order valence-electron chi connectivity index (χ1n) is 12.0. The molecule has 7 nitrogen and oxygen atoms in total. The van der Waals surface area contributed by atoms with Crippen LogP contribution in [0.5, 0.6) is 5.75 Å². The van der Waals surface area contributed by atoms with Gasteiger partial charge in [-0.15, -0.1) is 0 Å². The predicted octanol–water partition coefficient (Wildman–Crippen LogP) is 3.15. The van der Waals surface area contributed by atoms with Crippen LogP contribution in [0.3, 0.4) is 0 Å². The second-order valence-electron chi connectivity index (χ2n) is 9.17. The number of benzene rings is 2. The number of carbonyl (C=O) groups excluding carboxylic acids is 2. The highest BCUT2D eigenvalue weighted by atomic mass is 16.5. The van der Waals surface area contributed by atoms with Crippen LogP contribution >= 0.6 is 0 Å². The Balaban J connectivity index is 1.46. The van der Waals surface area contributed by atoms with Crippen molar-refractivity contribution in [1.82, 2.24) is 9.80 Å². The Morgan fingerprint density at radius 1 is 1.06 bits per heavy atom. The number of ether oxygens (including phenoxy) is 2. The molecule has 7 heteroatoms. The normalized spacial score (nSPS) is 24.3. The van der Waals surface area contributed by atoms with Gasteiger partial charge >= 0.3 is 0 Å². The summed E-state index contributed by atoms with van der Waals surface area (Å²) < 4.78 is 11.2. The van der Waals surface area contributed by atoms with Gasteiger partial charge in [0.1, 0.15) is 17.6 Å². The van der Waals surface area contributed by atoms with Gasteiger partial charge in [-0.05, 0) is 42.7 Å². The summed E-state index contributed by atoms with van der Waals surface area (Å²) in [6.45, 7) is 6.46. The molecule has 3 aliphatic heterocycles. The first kappa shape index (κ1) is 22.6. The van der Waals surface area contributed by atoms with Gasteiger partial charge in [-0.2, -0.15) is 0 Å². The number of hydrogen-bond acceptors (Lipinski definition) is 6. The number of rotatable bonds is 6. The van der Waals surface area contributed by atoms with E-state index in [0.717, 1.165) is 62.6 Å². The lowest BCUT2D eigenvalue weighted by atomic mass is 9.94. The second-order valence-corrected chi connectivity index (χ2v) is 9.17. The molecule has 2 fully saturated rings. The maximum absolute atomic E-state index is 13.2. The summed E-state index contributed by atoms with van der Waals surface area (Å²) in [6, 6.07) is 14.3. The van der Waals surface area contributed by atoms with E-state index >= 15 is 0 Å². The Kier molecular flexibility index (Phi) is 6.39. The molecule has 1 amide bonds. The molecular formula is C27H30N2O5. The first-order chi connectivity index (χ1) is 16.5. The van der Waals surface area contributed by atoms with E-state index in [9.17, 15) is 14.7 Å². The third-order valence-corrected chi connectivity index (χ3v) is 6.80. The van der Waals surface area contributed by atoms with E-state index in [0.29, 0.717) is 12.1 Å². The first-order valence-corrected chi connectivity index (χ1v) is 12.0. The summed E-state index contributed by atoms with van der Waals surface area (Å²) in [7, 11) is 0. The highest BCUT2D eigenvalue weighted by Crippen LogP contribution is 2.40. The van der Waals surface area contributed by atoms with Crippen LogP contribution in [-0.4, -0.2) is 72.1 Å². The summed E-state index contributed by atoms with van der Waals surface area (Å²) in [6.07, 6.45) is 1.56. The molecule has 0 spiro atoms. The van der Waals surface area contributed by atoms with Gasteiger partial charge in [0.2, 0.25) is 0 Å². The van der Waals surface area contributed by atoms with E-state index in [1.165, 1.54) is 0 Å². The van der Waals surface area contributed by atoms with Gasteiger partial charge in [0.05, 0.1) is 24.8 Å². The number of aliphatic hydroxyl groups excluding tert-OH is 1. The number of hydrogen-bond donors (Lipinski definition) is 1. The van der Waals surface area contributed by atoms with Crippen molar-refractivity contribution in [2.45, 2.75) is 31.9 Å². The maximum atomic E-state index is 13.2. The topological polar surface area (TPSA) is 79.3 Å². The van der Waals surface area contributed by atoms with Crippen molar-refractivity contribution in [3.05, 3.63) is 70.8 Å². The van der Waals surface area contributed by atoms with E-state index in [2.05, 4.69) is 4.90 Å². The number of fused-ring (bicyclic) bond motifs is 1. The molecular weight excluding hydrogens is 432 g/mol. The third kappa shape index (κ3) is 4.33. The number of amides is 1. The predicted molar refractivity (Wildman–Crippen MR) is 128 cm³/mol. The van der Waals surface area contributed by atoms with Gasteiger partial charge in [0, 0.05) is 38.2 Å². The maximum Gasteiger partial charge on any atom is 0.295 e. The Morgan fingerprint density at radius 2 is 1.82 bits per heavy atom. The van der Waals surface area contributed by atoms with Crippen LogP contribution < -0.4 is 4.74 Å². The minimum atomic E-state index is -0.636. The Labute approximate surface area is 199 Å². The highest BCUT2D eigenvalue weighted by Gasteiger charge is 2.45. The SMILES string of the molecule is CC1Cc2cc(/C(O)=C3\C(=O)C(=O)N(CCCN4CCOCC4)C3c3ccccc3)ccc2O1.